The van der Waals surface area contributed by atoms with Crippen LogP contribution in [0.5, 0.6) is 11.8 Å². The highest BCUT2D eigenvalue weighted by Gasteiger charge is 2.26. The molecule has 1 aromatic rings. The third-order valence-electron chi connectivity index (χ3n) is 2.87. The first-order chi connectivity index (χ1) is 9.44. The number of halogens is 3. The van der Waals surface area contributed by atoms with Gasteiger partial charge in [-0.2, -0.15) is 18.2 Å². The Balaban J connectivity index is 1.80. The highest BCUT2D eigenvalue weighted by atomic mass is 19.4. The number of alkyl halides is 3. The van der Waals surface area contributed by atoms with Gasteiger partial charge in [0, 0.05) is 12.5 Å². The molecule has 0 spiro atoms. The zero-order valence-corrected chi connectivity index (χ0v) is 10.9. The summed E-state index contributed by atoms with van der Waals surface area (Å²) in [6, 6.07) is 3.10. The minimum absolute atomic E-state index is 0.0432. The van der Waals surface area contributed by atoms with E-state index in [1.807, 2.05) is 0 Å². The molecule has 0 bridgehead atoms. The molecule has 1 heterocycles. The molecule has 0 aliphatic heterocycles. The van der Waals surface area contributed by atoms with Crippen molar-refractivity contribution >= 4 is 5.69 Å². The zero-order valence-electron chi connectivity index (χ0n) is 10.9. The van der Waals surface area contributed by atoms with E-state index in [4.69, 9.17) is 15.2 Å². The second kappa shape index (κ2) is 6.19. The molecule has 112 valence electrons. The van der Waals surface area contributed by atoms with E-state index in [9.17, 15) is 13.2 Å². The highest BCUT2D eigenvalue weighted by Crippen LogP contribution is 2.31. The molecule has 0 saturated heterocycles. The van der Waals surface area contributed by atoms with Crippen molar-refractivity contribution in [1.29, 1.82) is 0 Å². The van der Waals surface area contributed by atoms with Gasteiger partial charge in [-0.1, -0.05) is 0 Å². The van der Waals surface area contributed by atoms with Crippen LogP contribution in [-0.4, -0.2) is 24.4 Å². The van der Waals surface area contributed by atoms with Gasteiger partial charge in [-0.05, 0) is 31.2 Å². The van der Waals surface area contributed by atoms with Gasteiger partial charge in [-0.3, -0.25) is 0 Å². The maximum absolute atomic E-state index is 12.0. The van der Waals surface area contributed by atoms with Crippen LogP contribution in [0.25, 0.3) is 0 Å². The van der Waals surface area contributed by atoms with Crippen molar-refractivity contribution in [2.75, 3.05) is 18.9 Å². The Hall–Kier alpha value is -1.66. The smallest absolute Gasteiger partial charge is 0.389 e. The van der Waals surface area contributed by atoms with Crippen molar-refractivity contribution in [1.82, 2.24) is 4.98 Å². The highest BCUT2D eigenvalue weighted by molar-refractivity contribution is 5.49. The van der Waals surface area contributed by atoms with Gasteiger partial charge in [0.25, 0.3) is 0 Å². The Morgan fingerprint density at radius 2 is 2.00 bits per heavy atom. The average Bonchev–Trinajstić information content (AvgIpc) is 3.17. The number of nitrogens with two attached hydrogens (primary N) is 1. The SMILES string of the molecule is Nc1ccc(OCCCC(F)(F)F)nc1OCC1CC1. The summed E-state index contributed by atoms with van der Waals surface area (Å²) in [4.78, 5) is 4.06. The van der Waals surface area contributed by atoms with Crippen LogP contribution in [0.1, 0.15) is 25.7 Å². The quantitative estimate of drug-likeness (QED) is 0.784. The zero-order chi connectivity index (χ0) is 14.6. The molecular weight excluding hydrogens is 273 g/mol. The first-order valence-corrected chi connectivity index (χ1v) is 6.53. The van der Waals surface area contributed by atoms with Crippen LogP contribution < -0.4 is 15.2 Å². The Bertz CT molecular complexity index is 448. The van der Waals surface area contributed by atoms with Crippen LogP contribution in [0.2, 0.25) is 0 Å². The van der Waals surface area contributed by atoms with E-state index in [0.717, 1.165) is 12.8 Å². The van der Waals surface area contributed by atoms with Gasteiger partial charge < -0.3 is 15.2 Å². The van der Waals surface area contributed by atoms with Crippen molar-refractivity contribution in [3.8, 4) is 11.8 Å². The summed E-state index contributed by atoms with van der Waals surface area (Å²) in [5.74, 6) is 1.07. The van der Waals surface area contributed by atoms with Crippen LogP contribution in [-0.2, 0) is 0 Å². The van der Waals surface area contributed by atoms with E-state index in [1.165, 1.54) is 6.07 Å². The molecule has 0 unspecified atom stereocenters. The third-order valence-corrected chi connectivity index (χ3v) is 2.87. The van der Waals surface area contributed by atoms with Crippen LogP contribution in [0.15, 0.2) is 12.1 Å². The van der Waals surface area contributed by atoms with Crippen LogP contribution in [0, 0.1) is 5.92 Å². The summed E-state index contributed by atoms with van der Waals surface area (Å²) in [7, 11) is 0. The first kappa shape index (κ1) is 14.7. The maximum Gasteiger partial charge on any atom is 0.389 e. The number of rotatable bonds is 7. The number of pyridine rings is 1. The summed E-state index contributed by atoms with van der Waals surface area (Å²) in [5, 5.41) is 0. The lowest BCUT2D eigenvalue weighted by molar-refractivity contribution is -0.136. The fourth-order valence-electron chi connectivity index (χ4n) is 1.56. The van der Waals surface area contributed by atoms with Crippen molar-refractivity contribution in [2.24, 2.45) is 5.92 Å². The van der Waals surface area contributed by atoms with Crippen LogP contribution in [0.3, 0.4) is 0 Å². The standard InChI is InChI=1S/C13H17F3N2O2/c14-13(15,16)6-1-7-19-11-5-4-10(17)12(18-11)20-8-9-2-3-9/h4-5,9H,1-3,6-8,17H2. The average molecular weight is 290 g/mol. The molecule has 4 nitrogen and oxygen atoms in total. The Morgan fingerprint density at radius 3 is 2.65 bits per heavy atom. The van der Waals surface area contributed by atoms with Gasteiger partial charge >= 0.3 is 6.18 Å². The van der Waals surface area contributed by atoms with Gasteiger partial charge in [-0.15, -0.1) is 0 Å². The minimum atomic E-state index is -4.16. The molecule has 1 saturated carbocycles. The lowest BCUT2D eigenvalue weighted by Crippen LogP contribution is -2.10. The number of hydrogen-bond donors (Lipinski definition) is 1. The van der Waals surface area contributed by atoms with Gasteiger partial charge in [0.1, 0.15) is 0 Å². The van der Waals surface area contributed by atoms with E-state index < -0.39 is 12.6 Å². The van der Waals surface area contributed by atoms with Crippen molar-refractivity contribution < 1.29 is 22.6 Å². The largest absolute Gasteiger partial charge is 0.478 e. The van der Waals surface area contributed by atoms with E-state index in [0.29, 0.717) is 18.2 Å². The number of anilines is 1. The van der Waals surface area contributed by atoms with Gasteiger partial charge in [0.2, 0.25) is 11.8 Å². The van der Waals surface area contributed by atoms with Gasteiger partial charge in [0.15, 0.2) is 0 Å². The van der Waals surface area contributed by atoms with Gasteiger partial charge in [-0.25, -0.2) is 0 Å². The molecule has 1 aliphatic carbocycles. The topological polar surface area (TPSA) is 57.4 Å². The normalized spacial score (nSPS) is 15.2. The second-order valence-corrected chi connectivity index (χ2v) is 4.87. The molecule has 0 amide bonds. The fourth-order valence-corrected chi connectivity index (χ4v) is 1.56. The molecule has 0 atom stereocenters. The number of nitrogen functional groups attached to an aromatic ring is 1. The fraction of sp³-hybridized carbons (Fsp3) is 0.615. The molecule has 2 rings (SSSR count). The summed E-state index contributed by atoms with van der Waals surface area (Å²) in [6.45, 7) is 0.521. The van der Waals surface area contributed by atoms with E-state index in [2.05, 4.69) is 4.98 Å². The predicted molar refractivity (Wildman–Crippen MR) is 67.7 cm³/mol. The molecule has 20 heavy (non-hydrogen) atoms. The lowest BCUT2D eigenvalue weighted by Gasteiger charge is -2.10. The lowest BCUT2D eigenvalue weighted by atomic mass is 10.3. The summed E-state index contributed by atoms with van der Waals surface area (Å²) in [6.07, 6.45) is -2.83. The molecule has 1 aliphatic rings. The molecular formula is C13H17F3N2O2. The summed E-state index contributed by atoms with van der Waals surface area (Å²) < 4.78 is 46.6. The van der Waals surface area contributed by atoms with Crippen molar-refractivity contribution in [3.63, 3.8) is 0 Å². The predicted octanol–water partition coefficient (Wildman–Crippen LogP) is 3.17. The van der Waals surface area contributed by atoms with Gasteiger partial charge in [0.05, 0.1) is 18.9 Å². The maximum atomic E-state index is 12.0. The number of aromatic nitrogens is 1. The van der Waals surface area contributed by atoms with E-state index in [1.54, 1.807) is 6.07 Å². The van der Waals surface area contributed by atoms with Crippen molar-refractivity contribution in [3.05, 3.63) is 12.1 Å². The van der Waals surface area contributed by atoms with Crippen molar-refractivity contribution in [2.45, 2.75) is 31.9 Å². The van der Waals surface area contributed by atoms with E-state index >= 15 is 0 Å². The first-order valence-electron chi connectivity index (χ1n) is 6.53. The Labute approximate surface area is 115 Å². The minimum Gasteiger partial charge on any atom is -0.478 e. The number of ether oxygens (including phenoxy) is 2. The van der Waals surface area contributed by atoms with Crippen LogP contribution >= 0.6 is 0 Å². The molecule has 1 fully saturated rings. The van der Waals surface area contributed by atoms with E-state index in [-0.39, 0.29) is 24.8 Å². The summed E-state index contributed by atoms with van der Waals surface area (Å²) >= 11 is 0. The molecule has 2 N–H and O–H groups in total. The molecule has 0 radical (unpaired) electrons. The number of hydrogen-bond acceptors (Lipinski definition) is 4. The van der Waals surface area contributed by atoms with Crippen LogP contribution in [0.4, 0.5) is 18.9 Å². The summed E-state index contributed by atoms with van der Waals surface area (Å²) in [5.41, 5.74) is 6.11. The Morgan fingerprint density at radius 1 is 1.25 bits per heavy atom. The molecule has 1 aromatic heterocycles. The molecule has 0 aromatic carbocycles. The molecule has 7 heteroatoms. The number of nitrogens with zero attached hydrogens (tertiary/aromatic N) is 1. The second-order valence-electron chi connectivity index (χ2n) is 4.87. The Kier molecular flexibility index (Phi) is 4.57. The third kappa shape index (κ3) is 5.14. The monoisotopic (exact) mass is 290 g/mol.